The standard InChI is InChI=1S/C15H15F2O2P/c1-12-8-10-13(11-9-12)15(16,17)20(18,19-2)14-6-4-3-5-7-14/h3-11H,1-2H3. The van der Waals surface area contributed by atoms with Gasteiger partial charge in [0.25, 0.3) is 0 Å². The maximum Gasteiger partial charge on any atom is 0.350 e. The van der Waals surface area contributed by atoms with E-state index in [-0.39, 0.29) is 10.9 Å². The van der Waals surface area contributed by atoms with Crippen LogP contribution in [0.5, 0.6) is 0 Å². The molecule has 1 unspecified atom stereocenters. The summed E-state index contributed by atoms with van der Waals surface area (Å²) < 4.78 is 46.8. The van der Waals surface area contributed by atoms with Crippen molar-refractivity contribution in [1.82, 2.24) is 0 Å². The second-order valence-corrected chi connectivity index (χ2v) is 7.02. The smallest absolute Gasteiger partial charge is 0.324 e. The molecule has 0 bridgehead atoms. The summed E-state index contributed by atoms with van der Waals surface area (Å²) in [5.74, 6) is 0. The molecule has 0 aromatic heterocycles. The molecule has 0 saturated heterocycles. The predicted molar refractivity (Wildman–Crippen MR) is 75.8 cm³/mol. The van der Waals surface area contributed by atoms with Crippen LogP contribution >= 0.6 is 7.37 Å². The Morgan fingerprint density at radius 2 is 1.55 bits per heavy atom. The van der Waals surface area contributed by atoms with Crippen molar-refractivity contribution >= 4 is 12.7 Å². The summed E-state index contributed by atoms with van der Waals surface area (Å²) in [7, 11) is -3.27. The third-order valence-corrected chi connectivity index (χ3v) is 5.61. The van der Waals surface area contributed by atoms with Crippen LogP contribution in [0.3, 0.4) is 0 Å². The first-order chi connectivity index (χ1) is 9.41. The van der Waals surface area contributed by atoms with Crippen LogP contribution in [0.2, 0.25) is 0 Å². The summed E-state index contributed by atoms with van der Waals surface area (Å²) >= 11 is 0. The predicted octanol–water partition coefficient (Wildman–Crippen LogP) is 4.29. The molecule has 2 rings (SSSR count). The Kier molecular flexibility index (Phi) is 4.07. The van der Waals surface area contributed by atoms with Crippen LogP contribution in [0.4, 0.5) is 8.78 Å². The number of hydrogen-bond donors (Lipinski definition) is 0. The van der Waals surface area contributed by atoms with Gasteiger partial charge in [0.15, 0.2) is 0 Å². The van der Waals surface area contributed by atoms with Crippen molar-refractivity contribution < 1.29 is 17.9 Å². The minimum absolute atomic E-state index is 0.00748. The van der Waals surface area contributed by atoms with Gasteiger partial charge in [-0.25, -0.2) is 0 Å². The molecule has 5 heteroatoms. The Hall–Kier alpha value is -1.51. The average Bonchev–Trinajstić information content (AvgIpc) is 2.47. The van der Waals surface area contributed by atoms with Gasteiger partial charge in [-0.05, 0) is 19.1 Å². The fourth-order valence-corrected chi connectivity index (χ4v) is 3.75. The number of benzene rings is 2. The van der Waals surface area contributed by atoms with Gasteiger partial charge in [0, 0.05) is 18.0 Å². The van der Waals surface area contributed by atoms with Crippen molar-refractivity contribution in [1.29, 1.82) is 0 Å². The van der Waals surface area contributed by atoms with E-state index in [9.17, 15) is 13.3 Å². The van der Waals surface area contributed by atoms with Crippen LogP contribution in [0.1, 0.15) is 11.1 Å². The zero-order valence-corrected chi connectivity index (χ0v) is 12.1. The summed E-state index contributed by atoms with van der Waals surface area (Å²) in [5, 5.41) is 0.00748. The number of halogens is 2. The molecule has 0 spiro atoms. The first-order valence-electron chi connectivity index (χ1n) is 6.08. The summed E-state index contributed by atoms with van der Waals surface area (Å²) in [5.41, 5.74) is -3.02. The maximum absolute atomic E-state index is 14.6. The molecule has 106 valence electrons. The highest BCUT2D eigenvalue weighted by molar-refractivity contribution is 7.67. The Labute approximate surface area is 116 Å². The summed E-state index contributed by atoms with van der Waals surface area (Å²) in [6.07, 6.45) is 0. The first-order valence-corrected chi connectivity index (χ1v) is 7.71. The van der Waals surface area contributed by atoms with E-state index in [1.165, 1.54) is 24.3 Å². The van der Waals surface area contributed by atoms with Crippen molar-refractivity contribution in [2.45, 2.75) is 12.6 Å². The number of alkyl halides is 2. The van der Waals surface area contributed by atoms with Crippen LogP contribution in [0.15, 0.2) is 54.6 Å². The molecule has 0 aliphatic carbocycles. The van der Waals surface area contributed by atoms with Crippen LogP contribution in [0, 0.1) is 6.92 Å². The van der Waals surface area contributed by atoms with E-state index in [0.717, 1.165) is 12.7 Å². The molecule has 0 amide bonds. The van der Waals surface area contributed by atoms with Crippen LogP contribution in [-0.2, 0) is 14.8 Å². The third-order valence-electron chi connectivity index (χ3n) is 3.12. The quantitative estimate of drug-likeness (QED) is 0.787. The van der Waals surface area contributed by atoms with Crippen molar-refractivity contribution in [3.63, 3.8) is 0 Å². The van der Waals surface area contributed by atoms with Gasteiger partial charge in [-0.2, -0.15) is 8.78 Å². The zero-order valence-electron chi connectivity index (χ0n) is 11.2. The number of rotatable bonds is 4. The fourth-order valence-electron chi connectivity index (χ4n) is 1.93. The SMILES string of the molecule is COP(=O)(c1ccccc1)C(F)(F)c1ccc(C)cc1. The Morgan fingerprint density at radius 3 is 2.05 bits per heavy atom. The van der Waals surface area contributed by atoms with Crippen molar-refractivity contribution in [3.05, 3.63) is 65.7 Å². The van der Waals surface area contributed by atoms with Crippen LogP contribution < -0.4 is 5.30 Å². The molecule has 0 aliphatic rings. The molecule has 0 saturated carbocycles. The Morgan fingerprint density at radius 1 is 1.00 bits per heavy atom. The molecule has 20 heavy (non-hydrogen) atoms. The monoisotopic (exact) mass is 296 g/mol. The molecule has 1 atom stereocenters. The second kappa shape index (κ2) is 5.47. The molecular formula is C15H15F2O2P. The highest BCUT2D eigenvalue weighted by atomic mass is 31.2. The van der Waals surface area contributed by atoms with E-state index in [0.29, 0.717) is 0 Å². The van der Waals surface area contributed by atoms with Crippen LogP contribution in [0.25, 0.3) is 0 Å². The van der Waals surface area contributed by atoms with Gasteiger partial charge >= 0.3 is 13.0 Å². The molecule has 0 aliphatic heterocycles. The average molecular weight is 296 g/mol. The minimum atomic E-state index is -4.33. The van der Waals surface area contributed by atoms with Gasteiger partial charge in [0.1, 0.15) is 0 Å². The van der Waals surface area contributed by atoms with Crippen LogP contribution in [-0.4, -0.2) is 7.11 Å². The zero-order chi connectivity index (χ0) is 14.8. The highest BCUT2D eigenvalue weighted by Crippen LogP contribution is 2.64. The van der Waals surface area contributed by atoms with Gasteiger partial charge in [0.2, 0.25) is 0 Å². The lowest BCUT2D eigenvalue weighted by Gasteiger charge is -2.26. The molecule has 0 radical (unpaired) electrons. The molecule has 0 heterocycles. The fraction of sp³-hybridized carbons (Fsp3) is 0.200. The van der Waals surface area contributed by atoms with E-state index in [1.807, 2.05) is 0 Å². The lowest BCUT2D eigenvalue weighted by atomic mass is 10.2. The van der Waals surface area contributed by atoms with Crippen molar-refractivity contribution in [2.24, 2.45) is 0 Å². The molecule has 0 N–H and O–H groups in total. The second-order valence-electron chi connectivity index (χ2n) is 4.48. The van der Waals surface area contributed by atoms with Gasteiger partial charge in [-0.15, -0.1) is 0 Å². The van der Waals surface area contributed by atoms with E-state index in [1.54, 1.807) is 37.3 Å². The van der Waals surface area contributed by atoms with Gasteiger partial charge < -0.3 is 4.52 Å². The first kappa shape index (κ1) is 14.9. The van der Waals surface area contributed by atoms with E-state index < -0.39 is 13.0 Å². The molecule has 0 fully saturated rings. The minimum Gasteiger partial charge on any atom is -0.324 e. The Balaban J connectivity index is 2.55. The lowest BCUT2D eigenvalue weighted by molar-refractivity contribution is 0.0733. The third kappa shape index (κ3) is 2.41. The topological polar surface area (TPSA) is 26.3 Å². The molecule has 2 aromatic carbocycles. The summed E-state index contributed by atoms with van der Waals surface area (Å²) in [6, 6.07) is 13.3. The van der Waals surface area contributed by atoms with Gasteiger partial charge in [-0.3, -0.25) is 4.57 Å². The van der Waals surface area contributed by atoms with Gasteiger partial charge in [0.05, 0.1) is 0 Å². The number of aryl methyl sites for hydroxylation is 1. The van der Waals surface area contributed by atoms with Crippen molar-refractivity contribution in [2.75, 3.05) is 7.11 Å². The molecular weight excluding hydrogens is 281 g/mol. The molecule has 2 aromatic rings. The van der Waals surface area contributed by atoms with E-state index >= 15 is 0 Å². The van der Waals surface area contributed by atoms with Crippen molar-refractivity contribution in [3.8, 4) is 0 Å². The highest BCUT2D eigenvalue weighted by Gasteiger charge is 2.53. The Bertz CT molecular complexity index is 624. The summed E-state index contributed by atoms with van der Waals surface area (Å²) in [6.45, 7) is 1.80. The maximum atomic E-state index is 14.6. The molecule has 2 nitrogen and oxygen atoms in total. The van der Waals surface area contributed by atoms with E-state index in [2.05, 4.69) is 0 Å². The van der Waals surface area contributed by atoms with E-state index in [4.69, 9.17) is 4.52 Å². The normalized spacial score (nSPS) is 14.8. The summed E-state index contributed by atoms with van der Waals surface area (Å²) in [4.78, 5) is 0. The lowest BCUT2D eigenvalue weighted by Crippen LogP contribution is -2.23. The van der Waals surface area contributed by atoms with Gasteiger partial charge in [-0.1, -0.05) is 48.0 Å². The number of hydrogen-bond acceptors (Lipinski definition) is 2. The largest absolute Gasteiger partial charge is 0.350 e.